The van der Waals surface area contributed by atoms with E-state index in [0.717, 1.165) is 18.9 Å². The number of nitrogens with zero attached hydrogens (tertiary/aromatic N) is 1. The minimum absolute atomic E-state index is 0.770. The maximum Gasteiger partial charge on any atom is 0.179 e. The van der Waals surface area contributed by atoms with Gasteiger partial charge in [-0.05, 0) is 6.42 Å². The fourth-order valence-corrected chi connectivity index (χ4v) is 0.314. The molecule has 2 nitrogen and oxygen atoms in total. The van der Waals surface area contributed by atoms with Crippen molar-refractivity contribution in [2.24, 2.45) is 4.99 Å². The van der Waals surface area contributed by atoms with Crippen LogP contribution in [0.2, 0.25) is 0 Å². The van der Waals surface area contributed by atoms with Gasteiger partial charge in [0.05, 0.1) is 6.61 Å². The average Bonchev–Trinajstić information content (AvgIpc) is 1.83. The first-order valence-electron chi connectivity index (χ1n) is 2.87. The third-order valence-corrected chi connectivity index (χ3v) is 0.830. The SMILES string of the molecule is CCCOC(C)=NC. The summed E-state index contributed by atoms with van der Waals surface area (Å²) in [5.41, 5.74) is 0. The van der Waals surface area contributed by atoms with Crippen molar-refractivity contribution >= 4 is 5.90 Å². The van der Waals surface area contributed by atoms with E-state index in [9.17, 15) is 0 Å². The molecule has 0 aliphatic carbocycles. The van der Waals surface area contributed by atoms with Crippen molar-refractivity contribution in [3.05, 3.63) is 0 Å². The van der Waals surface area contributed by atoms with Crippen LogP contribution in [0.25, 0.3) is 0 Å². The Kier molecular flexibility index (Phi) is 4.32. The molecule has 0 N–H and O–H groups in total. The zero-order valence-electron chi connectivity index (χ0n) is 5.77. The smallest absolute Gasteiger partial charge is 0.179 e. The van der Waals surface area contributed by atoms with Gasteiger partial charge in [-0.3, -0.25) is 4.99 Å². The molecule has 48 valence electrons. The number of rotatable bonds is 2. The maximum atomic E-state index is 5.09. The number of ether oxygens (including phenoxy) is 1. The Bertz CT molecular complexity index is 78.6. The van der Waals surface area contributed by atoms with Crippen molar-refractivity contribution in [1.82, 2.24) is 0 Å². The van der Waals surface area contributed by atoms with Gasteiger partial charge < -0.3 is 4.74 Å². The van der Waals surface area contributed by atoms with Crippen molar-refractivity contribution < 1.29 is 4.74 Å². The quantitative estimate of drug-likeness (QED) is 0.394. The lowest BCUT2D eigenvalue weighted by molar-refractivity contribution is 0.301. The van der Waals surface area contributed by atoms with Crippen LogP contribution in [0.15, 0.2) is 4.99 Å². The lowest BCUT2D eigenvalue weighted by Crippen LogP contribution is -1.99. The third-order valence-electron chi connectivity index (χ3n) is 0.830. The molecule has 0 spiro atoms. The van der Waals surface area contributed by atoms with E-state index < -0.39 is 0 Å². The maximum absolute atomic E-state index is 5.09. The van der Waals surface area contributed by atoms with Crippen molar-refractivity contribution in [1.29, 1.82) is 0 Å². The first-order valence-corrected chi connectivity index (χ1v) is 2.87. The molecule has 0 heterocycles. The summed E-state index contributed by atoms with van der Waals surface area (Å²) in [7, 11) is 1.73. The van der Waals surface area contributed by atoms with Crippen molar-refractivity contribution in [2.45, 2.75) is 20.3 Å². The Morgan fingerprint density at radius 1 is 1.62 bits per heavy atom. The van der Waals surface area contributed by atoms with Gasteiger partial charge in [-0.15, -0.1) is 0 Å². The molecule has 0 amide bonds. The van der Waals surface area contributed by atoms with Gasteiger partial charge in [0.2, 0.25) is 0 Å². The van der Waals surface area contributed by atoms with Crippen molar-refractivity contribution in [2.75, 3.05) is 13.7 Å². The third kappa shape index (κ3) is 3.65. The molecular weight excluding hydrogens is 102 g/mol. The largest absolute Gasteiger partial charge is 0.481 e. The zero-order valence-corrected chi connectivity index (χ0v) is 5.77. The van der Waals surface area contributed by atoms with Crippen LogP contribution in [0.4, 0.5) is 0 Å². The van der Waals surface area contributed by atoms with Gasteiger partial charge in [0, 0.05) is 14.0 Å². The summed E-state index contributed by atoms with van der Waals surface area (Å²) in [6.45, 7) is 4.71. The monoisotopic (exact) mass is 115 g/mol. The van der Waals surface area contributed by atoms with E-state index in [0.29, 0.717) is 0 Å². The highest BCUT2D eigenvalue weighted by Crippen LogP contribution is 1.82. The van der Waals surface area contributed by atoms with Crippen LogP contribution < -0.4 is 0 Å². The minimum atomic E-state index is 0.770. The molecule has 2 heteroatoms. The Morgan fingerprint density at radius 3 is 2.62 bits per heavy atom. The molecule has 0 atom stereocenters. The highest BCUT2D eigenvalue weighted by Gasteiger charge is 1.83. The summed E-state index contributed by atoms with van der Waals surface area (Å²) in [5.74, 6) is 0.770. The molecule has 0 fully saturated rings. The molecule has 0 rings (SSSR count). The van der Waals surface area contributed by atoms with Gasteiger partial charge in [-0.2, -0.15) is 0 Å². The van der Waals surface area contributed by atoms with E-state index in [-0.39, 0.29) is 0 Å². The highest BCUT2D eigenvalue weighted by molar-refractivity contribution is 5.72. The topological polar surface area (TPSA) is 21.6 Å². The van der Waals surface area contributed by atoms with Crippen LogP contribution in [0.3, 0.4) is 0 Å². The van der Waals surface area contributed by atoms with E-state index >= 15 is 0 Å². The van der Waals surface area contributed by atoms with E-state index in [1.807, 2.05) is 6.92 Å². The van der Waals surface area contributed by atoms with E-state index in [1.165, 1.54) is 0 Å². The van der Waals surface area contributed by atoms with Gasteiger partial charge in [0.25, 0.3) is 0 Å². The van der Waals surface area contributed by atoms with Crippen LogP contribution in [-0.2, 0) is 4.74 Å². The van der Waals surface area contributed by atoms with Crippen LogP contribution in [0.1, 0.15) is 20.3 Å². The molecule has 0 radical (unpaired) electrons. The molecule has 0 unspecified atom stereocenters. The summed E-state index contributed by atoms with van der Waals surface area (Å²) < 4.78 is 5.09. The van der Waals surface area contributed by atoms with Gasteiger partial charge in [0.1, 0.15) is 0 Å². The van der Waals surface area contributed by atoms with Crippen LogP contribution in [0.5, 0.6) is 0 Å². The summed E-state index contributed by atoms with van der Waals surface area (Å²) in [6.07, 6.45) is 1.05. The van der Waals surface area contributed by atoms with E-state index in [4.69, 9.17) is 4.74 Å². The molecule has 0 bridgehead atoms. The molecule has 8 heavy (non-hydrogen) atoms. The fourth-order valence-electron chi connectivity index (χ4n) is 0.314. The second kappa shape index (κ2) is 4.62. The fraction of sp³-hybridized carbons (Fsp3) is 0.833. The van der Waals surface area contributed by atoms with Gasteiger partial charge in [-0.25, -0.2) is 0 Å². The van der Waals surface area contributed by atoms with Crippen molar-refractivity contribution in [3.8, 4) is 0 Å². The van der Waals surface area contributed by atoms with Crippen LogP contribution in [-0.4, -0.2) is 19.6 Å². The molecule has 0 aliphatic rings. The van der Waals surface area contributed by atoms with E-state index in [1.54, 1.807) is 7.05 Å². The lowest BCUT2D eigenvalue weighted by atomic mass is 10.5. The second-order valence-corrected chi connectivity index (χ2v) is 1.59. The molecule has 0 aromatic carbocycles. The molecule has 0 saturated heterocycles. The Hall–Kier alpha value is -0.530. The molecule has 0 aromatic rings. The molecule has 0 aromatic heterocycles. The molecular formula is C6H13NO. The summed E-state index contributed by atoms with van der Waals surface area (Å²) in [6, 6.07) is 0. The second-order valence-electron chi connectivity index (χ2n) is 1.59. The van der Waals surface area contributed by atoms with Gasteiger partial charge >= 0.3 is 0 Å². The van der Waals surface area contributed by atoms with Crippen LogP contribution in [0, 0.1) is 0 Å². The zero-order chi connectivity index (χ0) is 6.41. The Morgan fingerprint density at radius 2 is 2.25 bits per heavy atom. The Balaban J connectivity index is 3.12. The minimum Gasteiger partial charge on any atom is -0.481 e. The van der Waals surface area contributed by atoms with Gasteiger partial charge in [0.15, 0.2) is 5.90 Å². The first-order chi connectivity index (χ1) is 3.81. The number of aliphatic imine (C=N–C) groups is 1. The standard InChI is InChI=1S/C6H13NO/c1-4-5-8-6(2)7-3/h4-5H2,1-3H3. The average molecular weight is 115 g/mol. The highest BCUT2D eigenvalue weighted by atomic mass is 16.5. The lowest BCUT2D eigenvalue weighted by Gasteiger charge is -1.99. The van der Waals surface area contributed by atoms with Crippen LogP contribution >= 0.6 is 0 Å². The predicted molar refractivity (Wildman–Crippen MR) is 35.3 cm³/mol. The molecule has 0 saturated carbocycles. The summed E-state index contributed by atoms with van der Waals surface area (Å²) in [5, 5.41) is 0. The number of hydrogen-bond donors (Lipinski definition) is 0. The predicted octanol–water partition coefficient (Wildman–Crippen LogP) is 1.46. The first kappa shape index (κ1) is 7.47. The Labute approximate surface area is 50.6 Å². The normalized spacial score (nSPS) is 11.6. The van der Waals surface area contributed by atoms with Gasteiger partial charge in [-0.1, -0.05) is 6.92 Å². The molecule has 0 aliphatic heterocycles. The van der Waals surface area contributed by atoms with E-state index in [2.05, 4.69) is 11.9 Å². The van der Waals surface area contributed by atoms with Crippen molar-refractivity contribution in [3.63, 3.8) is 0 Å². The summed E-state index contributed by atoms with van der Waals surface area (Å²) >= 11 is 0. The number of hydrogen-bond acceptors (Lipinski definition) is 2. The summed E-state index contributed by atoms with van der Waals surface area (Å²) in [4.78, 5) is 3.82.